The van der Waals surface area contributed by atoms with Crippen LogP contribution in [0.1, 0.15) is 0 Å². The molecule has 0 saturated carbocycles. The monoisotopic (exact) mass is 468 g/mol. The van der Waals surface area contributed by atoms with Crippen molar-refractivity contribution in [3.63, 3.8) is 0 Å². The van der Waals surface area contributed by atoms with Gasteiger partial charge in [-0.1, -0.05) is 0 Å². The topological polar surface area (TPSA) is 237 Å². The smallest absolute Gasteiger partial charge is 0.746 e. The minimum absolute atomic E-state index is 0. The number of hydrogen-bond acceptors (Lipinski definition) is 12. The summed E-state index contributed by atoms with van der Waals surface area (Å²) in [5, 5.41) is 55.7. The second-order valence-electron chi connectivity index (χ2n) is 5.61. The third-order valence-corrected chi connectivity index (χ3v) is 6.05. The fraction of sp³-hybridized carbons (Fsp3) is 0.538. The maximum absolute atomic E-state index is 11.7. The van der Waals surface area contributed by atoms with Crippen LogP contribution in [-0.2, 0) is 20.1 Å². The molecule has 0 aliphatic carbocycles. The molecule has 0 fully saturated rings. The first-order valence-electron chi connectivity index (χ1n) is 7.60. The van der Waals surface area contributed by atoms with Crippen LogP contribution in [-0.4, -0.2) is 95.2 Å². The summed E-state index contributed by atoms with van der Waals surface area (Å²) in [6.45, 7) is -1.87. The van der Waals surface area contributed by atoms with E-state index in [0.717, 1.165) is 24.3 Å². The Balaban J connectivity index is 0.00000784. The summed E-state index contributed by atoms with van der Waals surface area (Å²) < 4.78 is 59.5. The molecule has 0 saturated heterocycles. The van der Waals surface area contributed by atoms with Crippen LogP contribution in [0.2, 0.25) is 0 Å². The van der Waals surface area contributed by atoms with Crippen LogP contribution in [0, 0.1) is 0 Å². The minimum Gasteiger partial charge on any atom is -0.746 e. The van der Waals surface area contributed by atoms with Crippen molar-refractivity contribution in [1.29, 1.82) is 0 Å². The molecule has 0 aliphatic rings. The molecule has 13 nitrogen and oxygen atoms in total. The van der Waals surface area contributed by atoms with Crippen LogP contribution < -0.4 is 39.6 Å². The zero-order chi connectivity index (χ0) is 21.7. The molecule has 0 aliphatic heterocycles. The van der Waals surface area contributed by atoms with Crippen molar-refractivity contribution in [2.75, 3.05) is 18.7 Å². The second kappa shape index (κ2) is 11.8. The van der Waals surface area contributed by atoms with E-state index in [1.165, 1.54) is 0 Å². The maximum atomic E-state index is 11.7. The van der Waals surface area contributed by atoms with Gasteiger partial charge >= 0.3 is 29.6 Å². The summed E-state index contributed by atoms with van der Waals surface area (Å²) in [6, 6.07) is 4.09. The van der Waals surface area contributed by atoms with Crippen molar-refractivity contribution in [1.82, 2.24) is 4.72 Å². The van der Waals surface area contributed by atoms with Gasteiger partial charge in [-0.15, -0.1) is 0 Å². The van der Waals surface area contributed by atoms with Gasteiger partial charge in [0.15, 0.2) is 0 Å². The summed E-state index contributed by atoms with van der Waals surface area (Å²) in [4.78, 5) is -0.296. The Hall–Kier alpha value is -0.400. The van der Waals surface area contributed by atoms with Gasteiger partial charge in [0.05, 0.1) is 11.5 Å². The molecular formula is C13H21N2NaO11S2. The van der Waals surface area contributed by atoms with Gasteiger partial charge in [-0.3, -0.25) is 0 Å². The molecule has 1 aromatic carbocycles. The quantitative estimate of drug-likeness (QED) is 0.0859. The van der Waals surface area contributed by atoms with E-state index in [0.29, 0.717) is 0 Å². The third kappa shape index (κ3) is 7.98. The van der Waals surface area contributed by atoms with E-state index in [-0.39, 0.29) is 40.1 Å². The van der Waals surface area contributed by atoms with Gasteiger partial charge in [0, 0.05) is 5.69 Å². The molecule has 29 heavy (non-hydrogen) atoms. The Morgan fingerprint density at radius 2 is 1.41 bits per heavy atom. The van der Waals surface area contributed by atoms with Crippen molar-refractivity contribution >= 4 is 25.8 Å². The van der Waals surface area contributed by atoms with E-state index in [4.69, 9.17) is 10.2 Å². The van der Waals surface area contributed by atoms with Crippen molar-refractivity contribution in [2.45, 2.75) is 34.7 Å². The molecular weight excluding hydrogens is 447 g/mol. The normalized spacial score (nSPS) is 17.5. The zero-order valence-corrected chi connectivity index (χ0v) is 18.8. The first-order chi connectivity index (χ1) is 12.8. The first kappa shape index (κ1) is 28.6. The van der Waals surface area contributed by atoms with E-state index in [1.54, 1.807) is 4.72 Å². The summed E-state index contributed by atoms with van der Waals surface area (Å²) in [6.07, 6.45) is -8.82. The van der Waals surface area contributed by atoms with Gasteiger partial charge in [0.2, 0.25) is 10.0 Å². The van der Waals surface area contributed by atoms with Crippen molar-refractivity contribution in [3.8, 4) is 0 Å². The Morgan fingerprint density at radius 3 is 1.83 bits per heavy atom. The fourth-order valence-corrected chi connectivity index (χ4v) is 3.72. The van der Waals surface area contributed by atoms with Crippen LogP contribution in [0.4, 0.5) is 5.69 Å². The standard InChI is InChI=1S/C13H22N2O11S2.Na/c16-5-9(18)10(19)11(20)12(21)13(28(24,25)26)15-7-1-3-8(4-2-7)27(22,23)14-6-17;/h1-4,9-21H,5-6H2,(H,24,25,26);/q;+1/p-1/t9-,10-,11+,12-,13?;/m1./s1. The van der Waals surface area contributed by atoms with Crippen LogP contribution in [0.5, 0.6) is 0 Å². The number of rotatable bonds is 11. The van der Waals surface area contributed by atoms with Crippen molar-refractivity contribution in [3.05, 3.63) is 24.3 Å². The number of aliphatic hydroxyl groups excluding tert-OH is 6. The van der Waals surface area contributed by atoms with Crippen LogP contribution >= 0.6 is 0 Å². The molecule has 8 N–H and O–H groups in total. The van der Waals surface area contributed by atoms with Crippen LogP contribution in [0.3, 0.4) is 0 Å². The van der Waals surface area contributed by atoms with E-state index in [9.17, 15) is 41.8 Å². The number of sulfonamides is 1. The average molecular weight is 468 g/mol. The van der Waals surface area contributed by atoms with Gasteiger partial charge in [-0.2, -0.15) is 4.72 Å². The molecule has 1 aromatic rings. The summed E-state index contributed by atoms with van der Waals surface area (Å²) in [5.41, 5.74) is -0.143. The van der Waals surface area contributed by atoms with Crippen LogP contribution in [0.15, 0.2) is 29.2 Å². The Bertz CT molecular complexity index is 835. The molecule has 0 spiro atoms. The van der Waals surface area contributed by atoms with Crippen molar-refractivity contribution < 1.29 is 81.6 Å². The van der Waals surface area contributed by atoms with Crippen LogP contribution in [0.25, 0.3) is 0 Å². The van der Waals surface area contributed by atoms with Gasteiger partial charge in [0.25, 0.3) is 0 Å². The molecule has 16 heteroatoms. The van der Waals surface area contributed by atoms with Gasteiger partial charge in [0.1, 0.15) is 46.6 Å². The summed E-state index contributed by atoms with van der Waals surface area (Å²) in [5.74, 6) is 0. The fourth-order valence-electron chi connectivity index (χ4n) is 2.11. The van der Waals surface area contributed by atoms with E-state index < -0.39 is 63.3 Å². The van der Waals surface area contributed by atoms with Gasteiger partial charge < -0.3 is 40.5 Å². The number of anilines is 1. The molecule has 0 bridgehead atoms. The molecule has 162 valence electrons. The zero-order valence-electron chi connectivity index (χ0n) is 15.2. The van der Waals surface area contributed by atoms with Gasteiger partial charge in [-0.25, -0.2) is 16.8 Å². The number of hydrogen-bond donors (Lipinski definition) is 8. The minimum atomic E-state index is -5.31. The maximum Gasteiger partial charge on any atom is 1.00 e. The Labute approximate surface area is 189 Å². The average Bonchev–Trinajstić information content (AvgIpc) is 2.63. The third-order valence-electron chi connectivity index (χ3n) is 3.63. The SMILES string of the molecule is O=S(=O)(NCO)c1ccc(NC([C@H](O)[C@@H](O)[C@H](O)[C@H](O)CO)S(=O)(=O)[O-])cc1.[Na+]. The molecule has 1 rings (SSSR count). The Morgan fingerprint density at radius 1 is 0.897 bits per heavy atom. The van der Waals surface area contributed by atoms with Crippen molar-refractivity contribution in [2.24, 2.45) is 0 Å². The molecule has 0 heterocycles. The second-order valence-corrected chi connectivity index (χ2v) is 8.87. The van der Waals surface area contributed by atoms with E-state index in [2.05, 4.69) is 5.32 Å². The summed E-state index contributed by atoms with van der Waals surface area (Å²) in [7, 11) is -9.33. The number of nitrogens with one attached hydrogen (secondary N) is 2. The predicted octanol–water partition coefficient (Wildman–Crippen LogP) is -7.36. The molecule has 0 amide bonds. The Kier molecular flexibility index (Phi) is 11.7. The molecule has 0 radical (unpaired) electrons. The van der Waals surface area contributed by atoms with Gasteiger partial charge in [-0.05, 0) is 24.3 Å². The predicted molar refractivity (Wildman–Crippen MR) is 92.1 cm³/mol. The first-order valence-corrected chi connectivity index (χ1v) is 10.6. The molecule has 0 aromatic heterocycles. The molecule has 5 atom stereocenters. The number of benzene rings is 1. The van der Waals surface area contributed by atoms with E-state index >= 15 is 0 Å². The largest absolute Gasteiger partial charge is 1.00 e. The van der Waals surface area contributed by atoms with E-state index in [1.807, 2.05) is 0 Å². The molecule has 1 unspecified atom stereocenters. The summed E-state index contributed by atoms with van der Waals surface area (Å²) >= 11 is 0. The number of aliphatic hydroxyl groups is 6.